The van der Waals surface area contributed by atoms with Crippen LogP contribution in [0.4, 0.5) is 21.5 Å². The van der Waals surface area contributed by atoms with Crippen molar-refractivity contribution in [3.05, 3.63) is 144 Å². The van der Waals surface area contributed by atoms with Crippen LogP contribution in [0.5, 0.6) is 17.2 Å². The molecule has 2 aromatic heterocycles. The van der Waals surface area contributed by atoms with Crippen molar-refractivity contribution in [3.8, 4) is 38.8 Å². The molecular weight excluding hydrogens is 1040 g/mol. The monoisotopic (exact) mass is 1120 g/mol. The summed E-state index contributed by atoms with van der Waals surface area (Å²) in [6.45, 7) is 16.7. The summed E-state index contributed by atoms with van der Waals surface area (Å²) in [6.07, 6.45) is 5.65. The summed E-state index contributed by atoms with van der Waals surface area (Å²) in [4.78, 5) is 70.0. The van der Waals surface area contributed by atoms with Crippen molar-refractivity contribution in [2.45, 2.75) is 85.7 Å². The molecule has 0 unspecified atom stereocenters. The van der Waals surface area contributed by atoms with E-state index in [2.05, 4.69) is 105 Å². The molecule has 0 bridgehead atoms. The highest BCUT2D eigenvalue weighted by Crippen LogP contribution is 2.48. The number of pyridine rings is 1. The van der Waals surface area contributed by atoms with Gasteiger partial charge in [0.1, 0.15) is 28.5 Å². The van der Waals surface area contributed by atoms with E-state index in [1.165, 1.54) is 40.3 Å². The van der Waals surface area contributed by atoms with Gasteiger partial charge in [-0.2, -0.15) is 0 Å². The Kier molecular flexibility index (Phi) is 18.8. The Labute approximate surface area is 478 Å². The van der Waals surface area contributed by atoms with E-state index in [0.717, 1.165) is 72.3 Å². The van der Waals surface area contributed by atoms with Gasteiger partial charge >= 0.3 is 0 Å². The molecule has 4 N–H and O–H groups in total. The van der Waals surface area contributed by atoms with Crippen LogP contribution in [0.25, 0.3) is 32.5 Å². The fourth-order valence-corrected chi connectivity index (χ4v) is 11.1. The van der Waals surface area contributed by atoms with E-state index in [1.54, 1.807) is 55.0 Å². The molecule has 1 saturated carbocycles. The molecule has 9 rings (SSSR count). The van der Waals surface area contributed by atoms with Gasteiger partial charge in [0.15, 0.2) is 0 Å². The normalized spacial score (nSPS) is 14.3. The molecular formula is C64H74FN9O6S. The molecule has 81 heavy (non-hydrogen) atoms. The number of piperazine rings is 1. The molecule has 15 nitrogen and oxygen atoms in total. The summed E-state index contributed by atoms with van der Waals surface area (Å²) < 4.78 is 25.6. The maximum atomic E-state index is 13.9. The highest BCUT2D eigenvalue weighted by molar-refractivity contribution is 7.13. The fourth-order valence-electron chi connectivity index (χ4n) is 10.3. The summed E-state index contributed by atoms with van der Waals surface area (Å²) in [5, 5.41) is 13.5. The number of hydrogen-bond donors (Lipinski definition) is 4. The topological polar surface area (TPSA) is 170 Å². The Hall–Kier alpha value is -7.73. The number of ether oxygens (including phenoxy) is 2. The van der Waals surface area contributed by atoms with E-state index in [1.807, 2.05) is 41.3 Å². The number of halogens is 1. The number of rotatable bonds is 24. The van der Waals surface area contributed by atoms with Gasteiger partial charge in [0.2, 0.25) is 23.6 Å². The SMILES string of the molecule is CCN(CCNCc1ccc(-c2scnc2C)cc1)C(=O)[C@@H](NCCCCCC(=O)N1CCN(c2ccc(-c3cc4nccc(Oc5ccc(NC(=O)C6(C(=O)Nc7ccc(F)cc7)CC6)cc5)c4cc3OC)cc2)CC1)C(C)(C)C. The van der Waals surface area contributed by atoms with Gasteiger partial charge in [-0.05, 0) is 147 Å². The third-order valence-corrected chi connectivity index (χ3v) is 16.3. The minimum absolute atomic E-state index is 0.124. The van der Waals surface area contributed by atoms with Crippen LogP contribution in [-0.4, -0.2) is 109 Å². The number of carbonyl (C=O) groups excluding carboxylic acids is 4. The zero-order chi connectivity index (χ0) is 57.1. The molecule has 7 aromatic rings. The Morgan fingerprint density at radius 2 is 1.44 bits per heavy atom. The molecule has 1 aliphatic heterocycles. The number of fused-ring (bicyclic) bond motifs is 1. The fraction of sp³-hybridized carbons (Fsp3) is 0.375. The first-order valence-corrected chi connectivity index (χ1v) is 29.0. The number of aryl methyl sites for hydroxylation is 1. The van der Waals surface area contributed by atoms with Crippen LogP contribution in [0.3, 0.4) is 0 Å². The number of benzene rings is 5. The number of carbonyl (C=O) groups is 4. The smallest absolute Gasteiger partial charge is 0.240 e. The predicted octanol–water partition coefficient (Wildman–Crippen LogP) is 11.5. The van der Waals surface area contributed by atoms with Crippen molar-refractivity contribution in [2.24, 2.45) is 10.8 Å². The van der Waals surface area contributed by atoms with Crippen molar-refractivity contribution in [1.29, 1.82) is 0 Å². The first kappa shape index (κ1) is 57.9. The molecule has 1 atom stereocenters. The number of thiazole rings is 1. The quantitative estimate of drug-likeness (QED) is 0.0335. The van der Waals surface area contributed by atoms with Crippen LogP contribution in [0.2, 0.25) is 0 Å². The summed E-state index contributed by atoms with van der Waals surface area (Å²) >= 11 is 1.66. The van der Waals surface area contributed by atoms with Gasteiger partial charge in [-0.1, -0.05) is 63.6 Å². The molecule has 0 spiro atoms. The van der Waals surface area contributed by atoms with Crippen LogP contribution in [0.1, 0.15) is 77.5 Å². The second kappa shape index (κ2) is 26.2. The standard InChI is InChI=1S/C64H74FN9O6S/c1-7-72(34-33-66-41-44-12-14-46(15-13-44)58-43(2)69-42-81-58)60(76)59(63(3,4)5)68-31-10-8-9-11-57(75)74-37-35-73(36-38-74)50-24-16-45(17-25-50)52-39-54-53(40-56(52)79-6)55(28-32-67-54)80-51-26-22-49(23-27-51)71-62(78)64(29-30-64)61(77)70-48-20-18-47(65)19-21-48/h12-28,32,39-40,42,59,66,68H,7-11,29-31,33-38,41H2,1-6H3,(H,70,77)(H,71,78)/t59-/m1/s1. The summed E-state index contributed by atoms with van der Waals surface area (Å²) in [5.74, 6) is 0.856. The van der Waals surface area contributed by atoms with E-state index in [-0.39, 0.29) is 23.3 Å². The lowest BCUT2D eigenvalue weighted by molar-refractivity contribution is -0.136. The van der Waals surface area contributed by atoms with E-state index >= 15 is 0 Å². The van der Waals surface area contributed by atoms with Crippen molar-refractivity contribution in [3.63, 3.8) is 0 Å². The van der Waals surface area contributed by atoms with Crippen molar-refractivity contribution in [2.75, 3.05) is 75.0 Å². The number of hydrogen-bond acceptors (Lipinski definition) is 12. The molecule has 3 heterocycles. The van der Waals surface area contributed by atoms with Crippen LogP contribution in [-0.2, 0) is 25.7 Å². The predicted molar refractivity (Wildman–Crippen MR) is 320 cm³/mol. The number of nitrogens with one attached hydrogen (secondary N) is 4. The lowest BCUT2D eigenvalue weighted by Crippen LogP contribution is -2.54. The van der Waals surface area contributed by atoms with E-state index < -0.39 is 23.0 Å². The maximum absolute atomic E-state index is 13.9. The number of amides is 4. The highest BCUT2D eigenvalue weighted by Gasteiger charge is 2.56. The average molecular weight is 1120 g/mol. The van der Waals surface area contributed by atoms with E-state index in [4.69, 9.17) is 9.47 Å². The van der Waals surface area contributed by atoms with Gasteiger partial charge in [0, 0.05) is 93.0 Å². The Morgan fingerprint density at radius 3 is 2.06 bits per heavy atom. The third kappa shape index (κ3) is 14.4. The third-order valence-electron chi connectivity index (χ3n) is 15.3. The lowest BCUT2D eigenvalue weighted by atomic mass is 9.85. The number of aromatic nitrogens is 2. The van der Waals surface area contributed by atoms with Gasteiger partial charge < -0.3 is 45.4 Å². The second-order valence-corrected chi connectivity index (χ2v) is 22.9. The van der Waals surface area contributed by atoms with Gasteiger partial charge in [-0.25, -0.2) is 9.37 Å². The number of unbranched alkanes of at least 4 members (excludes halogenated alkanes) is 2. The van der Waals surface area contributed by atoms with Crippen LogP contribution in [0.15, 0.2) is 127 Å². The molecule has 1 saturated heterocycles. The van der Waals surface area contributed by atoms with Crippen LogP contribution < -0.4 is 35.6 Å². The minimum Gasteiger partial charge on any atom is -0.496 e. The Bertz CT molecular complexity index is 3280. The minimum atomic E-state index is -1.18. The van der Waals surface area contributed by atoms with Crippen molar-refractivity contribution >= 4 is 62.9 Å². The molecule has 2 fully saturated rings. The first-order chi connectivity index (χ1) is 39.1. The van der Waals surface area contributed by atoms with E-state index in [9.17, 15) is 23.6 Å². The summed E-state index contributed by atoms with van der Waals surface area (Å²) in [5.41, 5.74) is 8.49. The Morgan fingerprint density at radius 1 is 0.778 bits per heavy atom. The molecule has 5 aromatic carbocycles. The van der Waals surface area contributed by atoms with Crippen LogP contribution in [0, 0.1) is 23.6 Å². The summed E-state index contributed by atoms with van der Waals surface area (Å²) in [6, 6.07) is 34.8. The number of nitrogens with zero attached hydrogens (tertiary/aromatic N) is 5. The molecule has 1 aliphatic carbocycles. The van der Waals surface area contributed by atoms with Crippen LogP contribution >= 0.6 is 11.3 Å². The molecule has 17 heteroatoms. The largest absolute Gasteiger partial charge is 0.496 e. The lowest BCUT2D eigenvalue weighted by Gasteiger charge is -2.36. The number of anilines is 3. The zero-order valence-electron chi connectivity index (χ0n) is 47.3. The first-order valence-electron chi connectivity index (χ1n) is 28.1. The van der Waals surface area contributed by atoms with Gasteiger partial charge in [0.05, 0.1) is 34.7 Å². The molecule has 2 aliphatic rings. The van der Waals surface area contributed by atoms with Crippen molar-refractivity contribution in [1.82, 2.24) is 30.4 Å². The number of methoxy groups -OCH3 is 1. The second-order valence-electron chi connectivity index (χ2n) is 22.0. The Balaban J connectivity index is 0.694. The average Bonchev–Trinajstić information content (AvgIpc) is 4.35. The van der Waals surface area contributed by atoms with Crippen molar-refractivity contribution < 1.29 is 33.0 Å². The van der Waals surface area contributed by atoms with Gasteiger partial charge in [0.25, 0.3) is 0 Å². The number of likely N-dealkylation sites (N-methyl/N-ethyl adjacent to an activating group) is 1. The van der Waals surface area contributed by atoms with Gasteiger partial charge in [-0.15, -0.1) is 11.3 Å². The molecule has 4 amide bonds. The van der Waals surface area contributed by atoms with E-state index in [0.29, 0.717) is 87.2 Å². The van der Waals surface area contributed by atoms with Gasteiger partial charge in [-0.3, -0.25) is 24.2 Å². The highest BCUT2D eigenvalue weighted by atomic mass is 32.1. The zero-order valence-corrected chi connectivity index (χ0v) is 48.1. The molecule has 424 valence electrons. The summed E-state index contributed by atoms with van der Waals surface area (Å²) in [7, 11) is 1.64. The maximum Gasteiger partial charge on any atom is 0.240 e. The molecule has 0 radical (unpaired) electrons.